The van der Waals surface area contributed by atoms with Crippen molar-refractivity contribution >= 4 is 5.91 Å². The van der Waals surface area contributed by atoms with Crippen LogP contribution in [-0.4, -0.2) is 38.3 Å². The van der Waals surface area contributed by atoms with Gasteiger partial charge in [0.2, 0.25) is 0 Å². The van der Waals surface area contributed by atoms with Crippen LogP contribution >= 0.6 is 0 Å². The van der Waals surface area contributed by atoms with E-state index in [1.54, 1.807) is 7.11 Å². The normalized spacial score (nSPS) is 17.2. The number of hydrogen-bond donors (Lipinski definition) is 2. The van der Waals surface area contributed by atoms with Crippen LogP contribution in [0.4, 0.5) is 0 Å². The van der Waals surface area contributed by atoms with E-state index >= 15 is 0 Å². The van der Waals surface area contributed by atoms with E-state index in [9.17, 15) is 4.79 Å². The van der Waals surface area contributed by atoms with Crippen LogP contribution in [0.5, 0.6) is 5.75 Å². The van der Waals surface area contributed by atoms with Crippen molar-refractivity contribution in [1.29, 1.82) is 0 Å². The molecule has 1 saturated heterocycles. The molecule has 0 unspecified atom stereocenters. The molecule has 0 atom stereocenters. The van der Waals surface area contributed by atoms with E-state index in [4.69, 9.17) is 9.47 Å². The molecule has 0 aliphatic carbocycles. The van der Waals surface area contributed by atoms with E-state index in [2.05, 4.69) is 10.6 Å². The highest BCUT2D eigenvalue weighted by Gasteiger charge is 2.39. The highest BCUT2D eigenvalue weighted by molar-refractivity contribution is 5.85. The molecule has 0 aromatic heterocycles. The Hall–Kier alpha value is -1.59. The SMILES string of the molecule is CCOc1ccccc1CNC(=O)C1(OC)CCNCC1. The van der Waals surface area contributed by atoms with Crippen molar-refractivity contribution in [1.82, 2.24) is 10.6 Å². The van der Waals surface area contributed by atoms with Crippen LogP contribution in [0.25, 0.3) is 0 Å². The summed E-state index contributed by atoms with van der Waals surface area (Å²) >= 11 is 0. The van der Waals surface area contributed by atoms with Crippen LogP contribution in [0, 0.1) is 0 Å². The molecule has 1 aromatic carbocycles. The maximum atomic E-state index is 12.5. The van der Waals surface area contributed by atoms with Gasteiger partial charge < -0.3 is 20.1 Å². The topological polar surface area (TPSA) is 59.6 Å². The zero-order valence-corrected chi connectivity index (χ0v) is 12.8. The van der Waals surface area contributed by atoms with Crippen LogP contribution in [0.2, 0.25) is 0 Å². The maximum Gasteiger partial charge on any atom is 0.252 e. The van der Waals surface area contributed by atoms with E-state index in [1.807, 2.05) is 31.2 Å². The van der Waals surface area contributed by atoms with E-state index in [1.165, 1.54) is 0 Å². The minimum atomic E-state index is -0.703. The predicted octanol–water partition coefficient (Wildman–Crippen LogP) is 1.47. The first-order valence-corrected chi connectivity index (χ1v) is 7.47. The second-order valence-corrected chi connectivity index (χ2v) is 5.17. The molecule has 0 bridgehead atoms. The van der Waals surface area contributed by atoms with Crippen LogP contribution in [0.1, 0.15) is 25.3 Å². The smallest absolute Gasteiger partial charge is 0.252 e. The van der Waals surface area contributed by atoms with Crippen molar-refractivity contribution in [3.63, 3.8) is 0 Å². The van der Waals surface area contributed by atoms with Gasteiger partial charge in [0, 0.05) is 19.2 Å². The van der Waals surface area contributed by atoms with Gasteiger partial charge in [-0.25, -0.2) is 0 Å². The number of nitrogens with one attached hydrogen (secondary N) is 2. The van der Waals surface area contributed by atoms with Gasteiger partial charge in [0.1, 0.15) is 11.4 Å². The molecule has 1 amide bonds. The number of piperidine rings is 1. The second kappa shape index (κ2) is 7.43. The number of rotatable bonds is 6. The van der Waals surface area contributed by atoms with Gasteiger partial charge in [-0.3, -0.25) is 4.79 Å². The third-order valence-electron chi connectivity index (χ3n) is 3.93. The molecule has 1 aromatic rings. The first kappa shape index (κ1) is 15.8. The summed E-state index contributed by atoms with van der Waals surface area (Å²) in [6.45, 7) is 4.62. The molecular formula is C16H24N2O3. The van der Waals surface area contributed by atoms with E-state index in [0.717, 1.165) is 24.4 Å². The monoisotopic (exact) mass is 292 g/mol. The molecule has 2 N–H and O–H groups in total. The summed E-state index contributed by atoms with van der Waals surface area (Å²) in [4.78, 5) is 12.5. The van der Waals surface area contributed by atoms with Gasteiger partial charge in [0.05, 0.1) is 6.61 Å². The highest BCUT2D eigenvalue weighted by Crippen LogP contribution is 2.23. The standard InChI is InChI=1S/C16H24N2O3/c1-3-21-14-7-5-4-6-13(14)12-18-15(19)16(20-2)8-10-17-11-9-16/h4-7,17H,3,8-12H2,1-2H3,(H,18,19). The summed E-state index contributed by atoms with van der Waals surface area (Å²) in [7, 11) is 1.61. The minimum absolute atomic E-state index is 0.0437. The Morgan fingerprint density at radius 3 is 2.71 bits per heavy atom. The van der Waals surface area contributed by atoms with Crippen LogP contribution in [0.15, 0.2) is 24.3 Å². The number of benzene rings is 1. The molecule has 116 valence electrons. The molecule has 1 fully saturated rings. The Morgan fingerprint density at radius 1 is 1.33 bits per heavy atom. The fourth-order valence-electron chi connectivity index (χ4n) is 2.64. The number of para-hydroxylation sites is 1. The molecular weight excluding hydrogens is 268 g/mol. The molecule has 0 radical (unpaired) electrons. The number of ether oxygens (including phenoxy) is 2. The van der Waals surface area contributed by atoms with Crippen molar-refractivity contribution in [3.05, 3.63) is 29.8 Å². The lowest BCUT2D eigenvalue weighted by Gasteiger charge is -2.34. The third-order valence-corrected chi connectivity index (χ3v) is 3.93. The molecule has 0 saturated carbocycles. The first-order chi connectivity index (χ1) is 10.2. The lowest BCUT2D eigenvalue weighted by atomic mass is 9.91. The summed E-state index contributed by atoms with van der Waals surface area (Å²) in [5, 5.41) is 6.24. The van der Waals surface area contributed by atoms with Gasteiger partial charge in [-0.1, -0.05) is 18.2 Å². The van der Waals surface area contributed by atoms with Crippen LogP contribution < -0.4 is 15.4 Å². The molecule has 5 heteroatoms. The summed E-state index contributed by atoms with van der Waals surface area (Å²) < 4.78 is 11.1. The van der Waals surface area contributed by atoms with Crippen LogP contribution in [0.3, 0.4) is 0 Å². The molecule has 1 aliphatic rings. The molecule has 1 heterocycles. The summed E-state index contributed by atoms with van der Waals surface area (Å²) in [5.41, 5.74) is 0.277. The van der Waals surface area contributed by atoms with Crippen molar-refractivity contribution in [2.75, 3.05) is 26.8 Å². The zero-order chi connectivity index (χ0) is 15.1. The summed E-state index contributed by atoms with van der Waals surface area (Å²) in [5.74, 6) is 0.773. The number of amides is 1. The summed E-state index contributed by atoms with van der Waals surface area (Å²) in [6, 6.07) is 7.76. The number of carbonyl (C=O) groups is 1. The Morgan fingerprint density at radius 2 is 2.05 bits per heavy atom. The van der Waals surface area contributed by atoms with Crippen molar-refractivity contribution in [2.45, 2.75) is 31.9 Å². The molecule has 21 heavy (non-hydrogen) atoms. The first-order valence-electron chi connectivity index (χ1n) is 7.47. The lowest BCUT2D eigenvalue weighted by Crippen LogP contribution is -2.53. The fraction of sp³-hybridized carbons (Fsp3) is 0.562. The Balaban J connectivity index is 2.00. The van der Waals surface area contributed by atoms with E-state index in [-0.39, 0.29) is 5.91 Å². The maximum absolute atomic E-state index is 12.5. The Kier molecular flexibility index (Phi) is 5.59. The highest BCUT2D eigenvalue weighted by atomic mass is 16.5. The van der Waals surface area contributed by atoms with Gasteiger partial charge >= 0.3 is 0 Å². The molecule has 2 rings (SSSR count). The van der Waals surface area contributed by atoms with E-state index in [0.29, 0.717) is 26.0 Å². The Labute approximate surface area is 126 Å². The van der Waals surface area contributed by atoms with Gasteiger partial charge in [-0.15, -0.1) is 0 Å². The largest absolute Gasteiger partial charge is 0.494 e. The van der Waals surface area contributed by atoms with Gasteiger partial charge in [-0.2, -0.15) is 0 Å². The van der Waals surface area contributed by atoms with Gasteiger partial charge in [0.15, 0.2) is 0 Å². The number of methoxy groups -OCH3 is 1. The summed E-state index contributed by atoms with van der Waals surface area (Å²) in [6.07, 6.45) is 1.39. The van der Waals surface area contributed by atoms with Crippen LogP contribution in [-0.2, 0) is 16.1 Å². The zero-order valence-electron chi connectivity index (χ0n) is 12.8. The predicted molar refractivity (Wildman–Crippen MR) is 81.3 cm³/mol. The minimum Gasteiger partial charge on any atom is -0.494 e. The van der Waals surface area contributed by atoms with Crippen molar-refractivity contribution in [3.8, 4) is 5.75 Å². The van der Waals surface area contributed by atoms with Crippen molar-refractivity contribution < 1.29 is 14.3 Å². The molecule has 0 spiro atoms. The third kappa shape index (κ3) is 3.74. The van der Waals surface area contributed by atoms with Gasteiger partial charge in [0.25, 0.3) is 5.91 Å². The quantitative estimate of drug-likeness (QED) is 0.833. The molecule has 1 aliphatic heterocycles. The Bertz CT molecular complexity index is 470. The average Bonchev–Trinajstić information content (AvgIpc) is 2.54. The lowest BCUT2D eigenvalue weighted by molar-refractivity contribution is -0.146. The number of hydrogen-bond acceptors (Lipinski definition) is 4. The second-order valence-electron chi connectivity index (χ2n) is 5.17. The fourth-order valence-corrected chi connectivity index (χ4v) is 2.64. The average molecular weight is 292 g/mol. The number of carbonyl (C=O) groups excluding carboxylic acids is 1. The van der Waals surface area contributed by atoms with E-state index < -0.39 is 5.60 Å². The molecule has 5 nitrogen and oxygen atoms in total. The van der Waals surface area contributed by atoms with Crippen molar-refractivity contribution in [2.24, 2.45) is 0 Å². The van der Waals surface area contributed by atoms with Gasteiger partial charge in [-0.05, 0) is 38.9 Å².